The summed E-state index contributed by atoms with van der Waals surface area (Å²) in [5.41, 5.74) is 3.80. The molecule has 0 saturated heterocycles. The zero-order chi connectivity index (χ0) is 15.9. The smallest absolute Gasteiger partial charge is 0.240 e. The van der Waals surface area contributed by atoms with E-state index in [0.717, 1.165) is 19.3 Å². The SMILES string of the molecule is CCCCCCCCCCC(=O)N/N=C/Cc1ccccc1. The molecule has 0 aromatic heterocycles. The highest BCUT2D eigenvalue weighted by molar-refractivity contribution is 5.76. The standard InChI is InChI=1S/C19H30N2O/c1-2-3-4-5-6-7-8-12-15-19(22)21-20-17-16-18-13-10-9-11-14-18/h9-11,13-14,17H,2-8,12,15-16H2,1H3,(H,21,22)/b20-17+. The van der Waals surface area contributed by atoms with Gasteiger partial charge < -0.3 is 0 Å². The first-order chi connectivity index (χ1) is 10.8. The van der Waals surface area contributed by atoms with E-state index in [4.69, 9.17) is 0 Å². The molecule has 0 aliphatic carbocycles. The third-order valence-electron chi connectivity index (χ3n) is 3.71. The lowest BCUT2D eigenvalue weighted by atomic mass is 10.1. The van der Waals surface area contributed by atoms with Gasteiger partial charge in [-0.2, -0.15) is 5.10 Å². The van der Waals surface area contributed by atoms with Gasteiger partial charge >= 0.3 is 0 Å². The molecule has 0 unspecified atom stereocenters. The van der Waals surface area contributed by atoms with Gasteiger partial charge in [-0.05, 0) is 12.0 Å². The predicted molar refractivity (Wildman–Crippen MR) is 94.0 cm³/mol. The molecule has 1 aromatic rings. The fourth-order valence-electron chi connectivity index (χ4n) is 2.36. The summed E-state index contributed by atoms with van der Waals surface area (Å²) in [5.74, 6) is 0.0234. The number of hydrogen-bond acceptors (Lipinski definition) is 2. The highest BCUT2D eigenvalue weighted by Crippen LogP contribution is 2.09. The molecule has 0 aliphatic rings. The lowest BCUT2D eigenvalue weighted by molar-refractivity contribution is -0.121. The van der Waals surface area contributed by atoms with Crippen LogP contribution in [0.3, 0.4) is 0 Å². The van der Waals surface area contributed by atoms with E-state index in [-0.39, 0.29) is 5.91 Å². The number of rotatable bonds is 12. The van der Waals surface area contributed by atoms with Crippen LogP contribution in [0.1, 0.15) is 70.3 Å². The molecule has 0 radical (unpaired) electrons. The number of unbranched alkanes of at least 4 members (excludes halogenated alkanes) is 7. The van der Waals surface area contributed by atoms with Crippen molar-refractivity contribution in [3.63, 3.8) is 0 Å². The van der Waals surface area contributed by atoms with Crippen LogP contribution in [0.25, 0.3) is 0 Å². The van der Waals surface area contributed by atoms with Gasteiger partial charge in [0.25, 0.3) is 0 Å². The normalized spacial score (nSPS) is 11.0. The Hall–Kier alpha value is -1.64. The fourth-order valence-corrected chi connectivity index (χ4v) is 2.36. The minimum Gasteiger partial charge on any atom is -0.273 e. The zero-order valence-electron chi connectivity index (χ0n) is 13.9. The Morgan fingerprint density at radius 2 is 1.64 bits per heavy atom. The quantitative estimate of drug-likeness (QED) is 0.334. The average Bonchev–Trinajstić information content (AvgIpc) is 2.55. The number of nitrogens with zero attached hydrogens (tertiary/aromatic N) is 1. The number of benzene rings is 1. The van der Waals surface area contributed by atoms with Crippen LogP contribution in [0, 0.1) is 0 Å². The number of carbonyl (C=O) groups excluding carboxylic acids is 1. The maximum Gasteiger partial charge on any atom is 0.240 e. The summed E-state index contributed by atoms with van der Waals surface area (Å²) in [6.45, 7) is 2.24. The van der Waals surface area contributed by atoms with E-state index in [1.807, 2.05) is 30.3 Å². The monoisotopic (exact) mass is 302 g/mol. The maximum atomic E-state index is 11.6. The molecular weight excluding hydrogens is 272 g/mol. The summed E-state index contributed by atoms with van der Waals surface area (Å²) in [5, 5.41) is 3.99. The van der Waals surface area contributed by atoms with Crippen LogP contribution in [-0.4, -0.2) is 12.1 Å². The number of amides is 1. The van der Waals surface area contributed by atoms with Crippen LogP contribution < -0.4 is 5.43 Å². The molecular formula is C19H30N2O. The molecule has 1 N–H and O–H groups in total. The molecule has 1 aromatic carbocycles. The molecule has 22 heavy (non-hydrogen) atoms. The van der Waals surface area contributed by atoms with Crippen molar-refractivity contribution in [2.45, 2.75) is 71.1 Å². The minimum atomic E-state index is 0.0234. The summed E-state index contributed by atoms with van der Waals surface area (Å²) in [7, 11) is 0. The van der Waals surface area contributed by atoms with Gasteiger partial charge in [0.05, 0.1) is 0 Å². The summed E-state index contributed by atoms with van der Waals surface area (Å²) in [6, 6.07) is 10.1. The highest BCUT2D eigenvalue weighted by Gasteiger charge is 1.99. The van der Waals surface area contributed by atoms with Gasteiger partial charge in [0, 0.05) is 19.1 Å². The predicted octanol–water partition coefficient (Wildman–Crippen LogP) is 4.86. The molecule has 3 heteroatoms. The van der Waals surface area contributed by atoms with Crippen molar-refractivity contribution in [3.05, 3.63) is 35.9 Å². The van der Waals surface area contributed by atoms with E-state index in [1.54, 1.807) is 6.21 Å². The summed E-state index contributed by atoms with van der Waals surface area (Å²) < 4.78 is 0. The Labute approximate surface area is 135 Å². The van der Waals surface area contributed by atoms with Gasteiger partial charge in [0.2, 0.25) is 5.91 Å². The first-order valence-electron chi connectivity index (χ1n) is 8.67. The van der Waals surface area contributed by atoms with Gasteiger partial charge in [0.15, 0.2) is 0 Å². The van der Waals surface area contributed by atoms with Crippen molar-refractivity contribution in [1.82, 2.24) is 5.43 Å². The van der Waals surface area contributed by atoms with Crippen molar-refractivity contribution in [2.24, 2.45) is 5.10 Å². The van der Waals surface area contributed by atoms with E-state index < -0.39 is 0 Å². The maximum absolute atomic E-state index is 11.6. The van der Waals surface area contributed by atoms with Crippen molar-refractivity contribution >= 4 is 12.1 Å². The molecule has 122 valence electrons. The summed E-state index contributed by atoms with van der Waals surface area (Å²) in [6.07, 6.45) is 13.1. The number of hydrazone groups is 1. The fraction of sp³-hybridized carbons (Fsp3) is 0.579. The molecule has 0 spiro atoms. The van der Waals surface area contributed by atoms with E-state index in [0.29, 0.717) is 6.42 Å². The molecule has 3 nitrogen and oxygen atoms in total. The van der Waals surface area contributed by atoms with Crippen LogP contribution in [0.5, 0.6) is 0 Å². The number of carbonyl (C=O) groups is 1. The summed E-state index contributed by atoms with van der Waals surface area (Å²) >= 11 is 0. The Morgan fingerprint density at radius 1 is 1.00 bits per heavy atom. The highest BCUT2D eigenvalue weighted by atomic mass is 16.2. The zero-order valence-corrected chi connectivity index (χ0v) is 13.9. The first-order valence-corrected chi connectivity index (χ1v) is 8.67. The van der Waals surface area contributed by atoms with Gasteiger partial charge in [0.1, 0.15) is 0 Å². The lowest BCUT2D eigenvalue weighted by Crippen LogP contribution is -2.17. The Morgan fingerprint density at radius 3 is 2.32 bits per heavy atom. The second-order valence-electron chi connectivity index (χ2n) is 5.76. The molecule has 0 heterocycles. The van der Waals surface area contributed by atoms with E-state index >= 15 is 0 Å². The van der Waals surface area contributed by atoms with Gasteiger partial charge in [-0.3, -0.25) is 4.79 Å². The van der Waals surface area contributed by atoms with Crippen LogP contribution in [-0.2, 0) is 11.2 Å². The van der Waals surface area contributed by atoms with Gasteiger partial charge in [-0.25, -0.2) is 5.43 Å². The van der Waals surface area contributed by atoms with Gasteiger partial charge in [-0.15, -0.1) is 0 Å². The van der Waals surface area contributed by atoms with Crippen molar-refractivity contribution < 1.29 is 4.79 Å². The Bertz CT molecular complexity index is 415. The molecule has 0 aliphatic heterocycles. The van der Waals surface area contributed by atoms with Crippen LogP contribution in [0.15, 0.2) is 35.4 Å². The van der Waals surface area contributed by atoms with Gasteiger partial charge in [-0.1, -0.05) is 82.2 Å². The molecule has 0 atom stereocenters. The minimum absolute atomic E-state index is 0.0234. The van der Waals surface area contributed by atoms with Crippen molar-refractivity contribution in [2.75, 3.05) is 0 Å². The average molecular weight is 302 g/mol. The van der Waals surface area contributed by atoms with E-state index in [2.05, 4.69) is 17.5 Å². The third-order valence-corrected chi connectivity index (χ3v) is 3.71. The van der Waals surface area contributed by atoms with Crippen molar-refractivity contribution in [1.29, 1.82) is 0 Å². The van der Waals surface area contributed by atoms with E-state index in [1.165, 1.54) is 44.1 Å². The lowest BCUT2D eigenvalue weighted by Gasteiger charge is -2.01. The largest absolute Gasteiger partial charge is 0.273 e. The van der Waals surface area contributed by atoms with Crippen molar-refractivity contribution in [3.8, 4) is 0 Å². The Balaban J connectivity index is 1.95. The van der Waals surface area contributed by atoms with Crippen LogP contribution in [0.4, 0.5) is 0 Å². The second kappa shape index (κ2) is 13.1. The topological polar surface area (TPSA) is 41.5 Å². The molecule has 1 rings (SSSR count). The Kier molecular flexibility index (Phi) is 10.9. The van der Waals surface area contributed by atoms with Crippen LogP contribution >= 0.6 is 0 Å². The number of hydrogen-bond donors (Lipinski definition) is 1. The first kappa shape index (κ1) is 18.4. The summed E-state index contributed by atoms with van der Waals surface area (Å²) in [4.78, 5) is 11.6. The number of nitrogens with one attached hydrogen (secondary N) is 1. The molecule has 0 bridgehead atoms. The second-order valence-corrected chi connectivity index (χ2v) is 5.76. The third kappa shape index (κ3) is 10.1. The molecule has 0 saturated carbocycles. The molecule has 0 fully saturated rings. The van der Waals surface area contributed by atoms with Crippen LogP contribution in [0.2, 0.25) is 0 Å². The van der Waals surface area contributed by atoms with E-state index in [9.17, 15) is 4.79 Å². The molecule has 1 amide bonds.